The molecule has 1 atom stereocenters. The first-order valence-corrected chi connectivity index (χ1v) is 7.84. The minimum atomic E-state index is -0.118. The van der Waals surface area contributed by atoms with Crippen molar-refractivity contribution in [3.8, 4) is 0 Å². The maximum Gasteiger partial charge on any atom is 0.0582 e. The lowest BCUT2D eigenvalue weighted by atomic mass is 10.0. The first kappa shape index (κ1) is 12.8. The van der Waals surface area contributed by atoms with Gasteiger partial charge in [0.25, 0.3) is 0 Å². The highest BCUT2D eigenvalue weighted by molar-refractivity contribution is 9.11. The van der Waals surface area contributed by atoms with E-state index < -0.39 is 0 Å². The van der Waals surface area contributed by atoms with Crippen molar-refractivity contribution < 1.29 is 0 Å². The minimum absolute atomic E-state index is 0.118. The van der Waals surface area contributed by atoms with Crippen molar-refractivity contribution in [1.82, 2.24) is 0 Å². The van der Waals surface area contributed by atoms with E-state index in [1.54, 1.807) is 11.3 Å². The van der Waals surface area contributed by atoms with Crippen LogP contribution in [0.2, 0.25) is 0 Å². The molecule has 0 saturated carbocycles. The van der Waals surface area contributed by atoms with Gasteiger partial charge in [0.05, 0.1) is 6.04 Å². The summed E-state index contributed by atoms with van der Waals surface area (Å²) >= 11 is 12.1. The summed E-state index contributed by atoms with van der Waals surface area (Å²) in [6.07, 6.45) is 0. The minimum Gasteiger partial charge on any atom is -0.320 e. The Morgan fingerprint density at radius 1 is 1.00 bits per heavy atom. The smallest absolute Gasteiger partial charge is 0.0582 e. The monoisotopic (exact) mass is 423 g/mol. The number of benzene rings is 1. The molecule has 1 nitrogen and oxygen atoms in total. The van der Waals surface area contributed by atoms with Gasteiger partial charge >= 0.3 is 0 Å². The van der Waals surface area contributed by atoms with Crippen LogP contribution in [0, 0.1) is 0 Å². The first-order valence-electron chi connectivity index (χ1n) is 4.51. The summed E-state index contributed by atoms with van der Waals surface area (Å²) < 4.78 is 3.13. The molecular formula is C11H8Br3NS. The first-order chi connectivity index (χ1) is 7.59. The molecular weight excluding hydrogens is 418 g/mol. The van der Waals surface area contributed by atoms with Gasteiger partial charge in [-0.15, -0.1) is 0 Å². The fourth-order valence-corrected chi connectivity index (χ4v) is 3.89. The van der Waals surface area contributed by atoms with Crippen LogP contribution in [-0.4, -0.2) is 0 Å². The van der Waals surface area contributed by atoms with Crippen molar-refractivity contribution in [2.75, 3.05) is 0 Å². The van der Waals surface area contributed by atoms with Gasteiger partial charge in [-0.05, 0) is 50.6 Å². The van der Waals surface area contributed by atoms with Crippen LogP contribution < -0.4 is 5.73 Å². The van der Waals surface area contributed by atoms with Gasteiger partial charge in [-0.1, -0.05) is 31.9 Å². The summed E-state index contributed by atoms with van der Waals surface area (Å²) in [6, 6.07) is 5.91. The number of hydrogen-bond acceptors (Lipinski definition) is 2. The van der Waals surface area contributed by atoms with E-state index in [9.17, 15) is 0 Å². The molecule has 84 valence electrons. The van der Waals surface area contributed by atoms with Crippen LogP contribution in [-0.2, 0) is 0 Å². The molecule has 0 bridgehead atoms. The molecule has 5 heteroatoms. The lowest BCUT2D eigenvalue weighted by molar-refractivity contribution is 0.865. The van der Waals surface area contributed by atoms with Crippen LogP contribution in [0.1, 0.15) is 17.2 Å². The number of rotatable bonds is 2. The maximum atomic E-state index is 6.26. The highest BCUT2D eigenvalue weighted by atomic mass is 79.9. The topological polar surface area (TPSA) is 26.0 Å². The molecule has 2 aromatic rings. The van der Waals surface area contributed by atoms with Crippen molar-refractivity contribution in [3.05, 3.63) is 53.5 Å². The summed E-state index contributed by atoms with van der Waals surface area (Å²) in [4.78, 5) is 0. The largest absolute Gasteiger partial charge is 0.320 e. The van der Waals surface area contributed by atoms with E-state index in [1.165, 1.54) is 0 Å². The second kappa shape index (κ2) is 5.31. The SMILES string of the molecule is NC(c1cscc1Br)c1cc(Br)ccc1Br. The lowest BCUT2D eigenvalue weighted by Crippen LogP contribution is -2.12. The summed E-state index contributed by atoms with van der Waals surface area (Å²) in [7, 11) is 0. The van der Waals surface area contributed by atoms with E-state index in [-0.39, 0.29) is 6.04 Å². The predicted molar refractivity (Wildman–Crippen MR) is 79.9 cm³/mol. The molecule has 0 aliphatic heterocycles. The average Bonchev–Trinajstić information content (AvgIpc) is 2.67. The summed E-state index contributed by atoms with van der Waals surface area (Å²) in [6.45, 7) is 0. The molecule has 1 heterocycles. The Balaban J connectivity index is 2.45. The zero-order valence-electron chi connectivity index (χ0n) is 8.08. The molecule has 0 fully saturated rings. The molecule has 2 rings (SSSR count). The van der Waals surface area contributed by atoms with Crippen molar-refractivity contribution in [2.45, 2.75) is 6.04 Å². The van der Waals surface area contributed by atoms with Gasteiger partial charge in [0.1, 0.15) is 0 Å². The van der Waals surface area contributed by atoms with E-state index in [0.29, 0.717) is 0 Å². The Kier molecular flexibility index (Phi) is 4.24. The van der Waals surface area contributed by atoms with Gasteiger partial charge in [-0.25, -0.2) is 0 Å². The van der Waals surface area contributed by atoms with Crippen LogP contribution in [0.5, 0.6) is 0 Å². The molecule has 0 aliphatic carbocycles. The molecule has 2 N–H and O–H groups in total. The Morgan fingerprint density at radius 3 is 2.38 bits per heavy atom. The molecule has 0 radical (unpaired) electrons. The third kappa shape index (κ3) is 2.59. The second-order valence-corrected chi connectivity index (χ2v) is 6.69. The van der Waals surface area contributed by atoms with Crippen LogP contribution >= 0.6 is 59.1 Å². The Morgan fingerprint density at radius 2 is 1.75 bits per heavy atom. The Hall–Kier alpha value is 0.320. The van der Waals surface area contributed by atoms with E-state index in [4.69, 9.17) is 5.73 Å². The quantitative estimate of drug-likeness (QED) is 0.713. The van der Waals surface area contributed by atoms with Gasteiger partial charge in [0, 0.05) is 18.8 Å². The lowest BCUT2D eigenvalue weighted by Gasteiger charge is -2.14. The number of hydrogen-bond donors (Lipinski definition) is 1. The van der Waals surface area contributed by atoms with Gasteiger partial charge in [-0.2, -0.15) is 11.3 Å². The summed E-state index contributed by atoms with van der Waals surface area (Å²) in [5.41, 5.74) is 8.45. The van der Waals surface area contributed by atoms with E-state index >= 15 is 0 Å². The highest BCUT2D eigenvalue weighted by Crippen LogP contribution is 2.34. The fraction of sp³-hybridized carbons (Fsp3) is 0.0909. The second-order valence-electron chi connectivity index (χ2n) is 3.32. The third-order valence-corrected chi connectivity index (χ3v) is 5.24. The van der Waals surface area contributed by atoms with Crippen molar-refractivity contribution in [1.29, 1.82) is 0 Å². The molecule has 0 saturated heterocycles. The highest BCUT2D eigenvalue weighted by Gasteiger charge is 2.15. The number of thiophene rings is 1. The number of nitrogens with two attached hydrogens (primary N) is 1. The Bertz CT molecular complexity index is 510. The molecule has 1 unspecified atom stereocenters. The van der Waals surface area contributed by atoms with Crippen molar-refractivity contribution in [2.24, 2.45) is 5.73 Å². The molecule has 0 amide bonds. The predicted octanol–water partition coefficient (Wildman–Crippen LogP) is 5.08. The standard InChI is InChI=1S/C11H8Br3NS/c12-6-1-2-9(13)7(3-6)11(15)8-4-16-5-10(8)14/h1-5,11H,15H2. The zero-order chi connectivity index (χ0) is 11.7. The van der Waals surface area contributed by atoms with Crippen LogP contribution in [0.25, 0.3) is 0 Å². The van der Waals surface area contributed by atoms with Gasteiger partial charge in [0.15, 0.2) is 0 Å². The van der Waals surface area contributed by atoms with Crippen LogP contribution in [0.3, 0.4) is 0 Å². The van der Waals surface area contributed by atoms with E-state index in [2.05, 4.69) is 53.2 Å². The van der Waals surface area contributed by atoms with Gasteiger partial charge < -0.3 is 5.73 Å². The van der Waals surface area contributed by atoms with Crippen LogP contribution in [0.4, 0.5) is 0 Å². The molecule has 16 heavy (non-hydrogen) atoms. The Labute approximate surface area is 123 Å². The van der Waals surface area contributed by atoms with Crippen molar-refractivity contribution in [3.63, 3.8) is 0 Å². The van der Waals surface area contributed by atoms with Gasteiger partial charge in [-0.3, -0.25) is 0 Å². The molecule has 1 aromatic heterocycles. The fourth-order valence-electron chi connectivity index (χ4n) is 1.43. The normalized spacial score (nSPS) is 12.8. The maximum absolute atomic E-state index is 6.26. The zero-order valence-corrected chi connectivity index (χ0v) is 13.7. The molecule has 0 aliphatic rings. The summed E-state index contributed by atoms with van der Waals surface area (Å²) in [5, 5.41) is 4.11. The van der Waals surface area contributed by atoms with Crippen LogP contribution in [0.15, 0.2) is 42.4 Å². The van der Waals surface area contributed by atoms with E-state index in [1.807, 2.05) is 23.6 Å². The van der Waals surface area contributed by atoms with E-state index in [0.717, 1.165) is 24.5 Å². The summed E-state index contributed by atoms with van der Waals surface area (Å²) in [5.74, 6) is 0. The molecule has 1 aromatic carbocycles. The average molecular weight is 426 g/mol. The van der Waals surface area contributed by atoms with Crippen molar-refractivity contribution >= 4 is 59.1 Å². The molecule has 0 spiro atoms. The number of halogens is 3. The van der Waals surface area contributed by atoms with Gasteiger partial charge in [0.2, 0.25) is 0 Å². The third-order valence-electron chi connectivity index (χ3n) is 2.27.